The van der Waals surface area contributed by atoms with Crippen LogP contribution in [0.2, 0.25) is 0 Å². The summed E-state index contributed by atoms with van der Waals surface area (Å²) in [6.07, 6.45) is 2.48. The highest BCUT2D eigenvalue weighted by molar-refractivity contribution is 9.10. The summed E-state index contributed by atoms with van der Waals surface area (Å²) in [5.74, 6) is 2.03. The molecule has 0 atom stereocenters. The molecule has 0 aromatic heterocycles. The monoisotopic (exact) mass is 594 g/mol. The number of carbonyl (C=O) groups excluding carboxylic acids is 2. The molecule has 39 heavy (non-hydrogen) atoms. The summed E-state index contributed by atoms with van der Waals surface area (Å²) in [5, 5.41) is 2.86. The summed E-state index contributed by atoms with van der Waals surface area (Å²) in [5.41, 5.74) is 3.46. The second-order valence-electron chi connectivity index (χ2n) is 8.94. The Morgan fingerprint density at radius 1 is 1.00 bits per heavy atom. The molecule has 1 N–H and O–H groups in total. The Hall–Kier alpha value is -4.18. The van der Waals surface area contributed by atoms with Crippen LogP contribution in [0.15, 0.2) is 52.6 Å². The van der Waals surface area contributed by atoms with E-state index in [-0.39, 0.29) is 18.5 Å². The number of nitrogens with one attached hydrogen (secondary N) is 1. The number of Topliss-reactive ketones (excluding diaryl/α,β-unsaturated/α-hetero) is 1. The van der Waals surface area contributed by atoms with Crippen LogP contribution in [0.25, 0.3) is 6.08 Å². The van der Waals surface area contributed by atoms with E-state index in [4.69, 9.17) is 23.7 Å². The molecule has 9 nitrogen and oxygen atoms in total. The number of likely N-dealkylation sites (N-methyl/N-ethyl adjacent to an activating group) is 1. The molecule has 0 bridgehead atoms. The van der Waals surface area contributed by atoms with E-state index in [9.17, 15) is 9.59 Å². The molecule has 2 aliphatic rings. The van der Waals surface area contributed by atoms with Gasteiger partial charge in [0.15, 0.2) is 11.5 Å². The zero-order chi connectivity index (χ0) is 27.7. The van der Waals surface area contributed by atoms with Gasteiger partial charge in [-0.1, -0.05) is 12.1 Å². The minimum atomic E-state index is -0.371. The van der Waals surface area contributed by atoms with Gasteiger partial charge in [0.2, 0.25) is 18.3 Å². The average molecular weight is 595 g/mol. The molecule has 0 spiro atoms. The molecule has 10 heteroatoms. The van der Waals surface area contributed by atoms with Gasteiger partial charge in [0.25, 0.3) is 5.91 Å². The number of ketones is 1. The quantitative estimate of drug-likeness (QED) is 0.374. The predicted octanol–water partition coefficient (Wildman–Crippen LogP) is 5.17. The first-order chi connectivity index (χ1) is 18.9. The number of fused-ring (bicyclic) bond motifs is 2. The van der Waals surface area contributed by atoms with Gasteiger partial charge in [-0.25, -0.2) is 0 Å². The third-order valence-electron chi connectivity index (χ3n) is 6.72. The van der Waals surface area contributed by atoms with Gasteiger partial charge in [0, 0.05) is 36.5 Å². The fourth-order valence-corrected chi connectivity index (χ4v) is 5.39. The zero-order valence-electron chi connectivity index (χ0n) is 21.9. The minimum Gasteiger partial charge on any atom is -0.497 e. The van der Waals surface area contributed by atoms with Crippen LogP contribution in [0.1, 0.15) is 31.8 Å². The highest BCUT2D eigenvalue weighted by Gasteiger charge is 2.31. The van der Waals surface area contributed by atoms with Crippen LogP contribution in [0, 0.1) is 0 Å². The van der Waals surface area contributed by atoms with Crippen LogP contribution in [0.3, 0.4) is 0 Å². The standard InChI is InChI=1S/C29H27BrN2O7/c1-32-11-10-19-21(26(37-4)28-27(24(19)30)38-15-39-28)14-22(32)25(33)16-6-5-7-17(12-16)31-29(34)20-9-8-18(35-2)13-23(20)36-3/h5-9,12-14H,10-11,15H2,1-4H3,(H,31,34). The fraction of sp³-hybridized carbons (Fsp3) is 0.241. The summed E-state index contributed by atoms with van der Waals surface area (Å²) >= 11 is 3.66. The molecule has 0 saturated carbocycles. The second kappa shape index (κ2) is 10.9. The number of ether oxygens (including phenoxy) is 5. The number of allylic oxidation sites excluding steroid dienone is 1. The number of carbonyl (C=O) groups is 2. The molecule has 3 aromatic carbocycles. The largest absolute Gasteiger partial charge is 0.497 e. The maximum Gasteiger partial charge on any atom is 0.259 e. The van der Waals surface area contributed by atoms with Crippen molar-refractivity contribution in [3.63, 3.8) is 0 Å². The molecule has 0 radical (unpaired) electrons. The number of amides is 1. The molecule has 5 rings (SSSR count). The lowest BCUT2D eigenvalue weighted by Crippen LogP contribution is -2.24. The normalized spacial score (nSPS) is 13.7. The Morgan fingerprint density at radius 3 is 2.54 bits per heavy atom. The van der Waals surface area contributed by atoms with Gasteiger partial charge in [0.1, 0.15) is 11.5 Å². The molecule has 2 aliphatic heterocycles. The Morgan fingerprint density at radius 2 is 1.79 bits per heavy atom. The van der Waals surface area contributed by atoms with Gasteiger partial charge < -0.3 is 33.9 Å². The van der Waals surface area contributed by atoms with Gasteiger partial charge in [-0.05, 0) is 58.3 Å². The van der Waals surface area contributed by atoms with E-state index in [1.54, 1.807) is 56.7 Å². The number of anilines is 1. The van der Waals surface area contributed by atoms with Crippen LogP contribution in [0.5, 0.6) is 28.7 Å². The topological polar surface area (TPSA) is 95.6 Å². The van der Waals surface area contributed by atoms with Crippen molar-refractivity contribution in [2.45, 2.75) is 6.42 Å². The number of methoxy groups -OCH3 is 3. The molecule has 0 saturated heterocycles. The third-order valence-corrected chi connectivity index (χ3v) is 7.55. The maximum absolute atomic E-state index is 13.8. The van der Waals surface area contributed by atoms with Gasteiger partial charge in [-0.2, -0.15) is 0 Å². The van der Waals surface area contributed by atoms with Crippen molar-refractivity contribution in [1.29, 1.82) is 0 Å². The number of hydrogen-bond acceptors (Lipinski definition) is 8. The Balaban J connectivity index is 1.47. The van der Waals surface area contributed by atoms with Crippen LogP contribution >= 0.6 is 15.9 Å². The molecule has 2 heterocycles. The molecule has 0 aliphatic carbocycles. The van der Waals surface area contributed by atoms with Crippen LogP contribution < -0.4 is 29.0 Å². The van der Waals surface area contributed by atoms with E-state index in [0.717, 1.165) is 15.6 Å². The van der Waals surface area contributed by atoms with E-state index in [1.165, 1.54) is 7.11 Å². The van der Waals surface area contributed by atoms with Gasteiger partial charge >= 0.3 is 0 Å². The molecular weight excluding hydrogens is 568 g/mol. The van der Waals surface area contributed by atoms with E-state index in [1.807, 2.05) is 18.0 Å². The minimum absolute atomic E-state index is 0.101. The van der Waals surface area contributed by atoms with Gasteiger partial charge in [-0.3, -0.25) is 9.59 Å². The van der Waals surface area contributed by atoms with Gasteiger partial charge in [-0.15, -0.1) is 0 Å². The summed E-state index contributed by atoms with van der Waals surface area (Å²) < 4.78 is 28.4. The van der Waals surface area contributed by atoms with Crippen molar-refractivity contribution in [2.75, 3.05) is 47.0 Å². The lowest BCUT2D eigenvalue weighted by Gasteiger charge is -2.20. The second-order valence-corrected chi connectivity index (χ2v) is 9.73. The van der Waals surface area contributed by atoms with Crippen molar-refractivity contribution in [3.8, 4) is 28.7 Å². The molecule has 1 amide bonds. The van der Waals surface area contributed by atoms with E-state index in [2.05, 4.69) is 21.2 Å². The van der Waals surface area contributed by atoms with Crippen molar-refractivity contribution in [1.82, 2.24) is 4.90 Å². The Kier molecular flexibility index (Phi) is 7.38. The first kappa shape index (κ1) is 26.4. The summed E-state index contributed by atoms with van der Waals surface area (Å²) in [6.45, 7) is 0.698. The van der Waals surface area contributed by atoms with E-state index < -0.39 is 0 Å². The number of hydrogen-bond donors (Lipinski definition) is 1. The highest BCUT2D eigenvalue weighted by atomic mass is 79.9. The number of nitrogens with zero attached hydrogens (tertiary/aromatic N) is 1. The highest BCUT2D eigenvalue weighted by Crippen LogP contribution is 2.51. The molecule has 202 valence electrons. The van der Waals surface area contributed by atoms with Crippen LogP contribution in [-0.4, -0.2) is 58.3 Å². The maximum atomic E-state index is 13.8. The summed E-state index contributed by atoms with van der Waals surface area (Å²) in [6, 6.07) is 11.8. The van der Waals surface area contributed by atoms with Crippen molar-refractivity contribution < 1.29 is 33.3 Å². The first-order valence-corrected chi connectivity index (χ1v) is 12.9. The molecule has 0 fully saturated rings. The van der Waals surface area contributed by atoms with Crippen molar-refractivity contribution in [2.24, 2.45) is 0 Å². The first-order valence-electron chi connectivity index (χ1n) is 12.1. The summed E-state index contributed by atoms with van der Waals surface area (Å²) in [4.78, 5) is 28.7. The Bertz CT molecular complexity index is 1500. The van der Waals surface area contributed by atoms with Crippen LogP contribution in [-0.2, 0) is 6.42 Å². The SMILES string of the molecule is COc1ccc(C(=O)Nc2cccc(C(=O)C3=Cc4c(c(Br)c5c(c4OC)OCO5)CCN3C)c2)c(OC)c1. The average Bonchev–Trinajstić information content (AvgIpc) is 3.38. The number of rotatable bonds is 7. The third kappa shape index (κ3) is 4.87. The smallest absolute Gasteiger partial charge is 0.259 e. The lowest BCUT2D eigenvalue weighted by molar-refractivity contribution is 0.0996. The van der Waals surface area contributed by atoms with E-state index in [0.29, 0.717) is 64.2 Å². The number of benzene rings is 3. The van der Waals surface area contributed by atoms with Crippen molar-refractivity contribution in [3.05, 3.63) is 74.9 Å². The zero-order valence-corrected chi connectivity index (χ0v) is 23.5. The van der Waals surface area contributed by atoms with Crippen molar-refractivity contribution >= 4 is 39.4 Å². The van der Waals surface area contributed by atoms with Crippen LogP contribution in [0.4, 0.5) is 5.69 Å². The Labute approximate surface area is 234 Å². The van der Waals surface area contributed by atoms with Gasteiger partial charge in [0.05, 0.1) is 37.1 Å². The predicted molar refractivity (Wildman–Crippen MR) is 149 cm³/mol. The van der Waals surface area contributed by atoms with E-state index >= 15 is 0 Å². The molecular formula is C29H27BrN2O7. The lowest BCUT2D eigenvalue weighted by atomic mass is 10.0. The molecule has 3 aromatic rings. The fourth-order valence-electron chi connectivity index (χ4n) is 4.68. The molecule has 0 unspecified atom stereocenters. The summed E-state index contributed by atoms with van der Waals surface area (Å²) in [7, 11) is 6.47. The number of halogens is 1.